The minimum Gasteiger partial charge on any atom is -0.481 e. The van der Waals surface area contributed by atoms with Gasteiger partial charge in [0.15, 0.2) is 0 Å². The first-order chi connectivity index (χ1) is 10.2. The molecule has 5 nitrogen and oxygen atoms in total. The third-order valence-electron chi connectivity index (χ3n) is 2.79. The lowest BCUT2D eigenvalue weighted by Gasteiger charge is -2.09. The summed E-state index contributed by atoms with van der Waals surface area (Å²) < 4.78 is 6.01. The molecule has 0 aliphatic heterocycles. The molecule has 6 heteroatoms. The average molecular weight is 350 g/mol. The Hall–Kier alpha value is -1.92. The number of nitrogens with zero attached hydrogens (tertiary/aromatic N) is 1. The zero-order valence-corrected chi connectivity index (χ0v) is 13.2. The van der Waals surface area contributed by atoms with Gasteiger partial charge in [0, 0.05) is 22.8 Å². The SMILES string of the molecule is COc1ncccc1CNCC(=O)Nc1ccccc1Br. The van der Waals surface area contributed by atoms with Gasteiger partial charge < -0.3 is 15.4 Å². The van der Waals surface area contributed by atoms with Crippen LogP contribution in [0.15, 0.2) is 47.1 Å². The van der Waals surface area contributed by atoms with E-state index in [1.807, 2.05) is 36.4 Å². The number of anilines is 1. The second kappa shape index (κ2) is 7.75. The first-order valence-corrected chi connectivity index (χ1v) is 7.23. The van der Waals surface area contributed by atoms with Crippen molar-refractivity contribution in [2.45, 2.75) is 6.54 Å². The molecule has 1 aromatic heterocycles. The molecule has 0 atom stereocenters. The highest BCUT2D eigenvalue weighted by atomic mass is 79.9. The van der Waals surface area contributed by atoms with Crippen LogP contribution >= 0.6 is 15.9 Å². The lowest BCUT2D eigenvalue weighted by Crippen LogP contribution is -2.28. The maximum absolute atomic E-state index is 11.9. The number of nitrogens with one attached hydrogen (secondary N) is 2. The van der Waals surface area contributed by atoms with E-state index in [4.69, 9.17) is 4.74 Å². The zero-order valence-electron chi connectivity index (χ0n) is 11.6. The normalized spacial score (nSPS) is 10.2. The summed E-state index contributed by atoms with van der Waals surface area (Å²) in [5, 5.41) is 5.90. The molecular weight excluding hydrogens is 334 g/mol. The minimum absolute atomic E-state index is 0.107. The van der Waals surface area contributed by atoms with Crippen LogP contribution in [0.1, 0.15) is 5.56 Å². The standard InChI is InChI=1S/C15H16BrN3O2/c1-21-15-11(5-4-8-18-15)9-17-10-14(20)19-13-7-3-2-6-12(13)16/h2-8,17H,9-10H2,1H3,(H,19,20). The summed E-state index contributed by atoms with van der Waals surface area (Å²) in [5.74, 6) is 0.459. The fraction of sp³-hybridized carbons (Fsp3) is 0.200. The van der Waals surface area contributed by atoms with Crippen molar-refractivity contribution < 1.29 is 9.53 Å². The number of carbonyl (C=O) groups is 1. The highest BCUT2D eigenvalue weighted by Crippen LogP contribution is 2.20. The van der Waals surface area contributed by atoms with Crippen molar-refractivity contribution in [2.24, 2.45) is 0 Å². The summed E-state index contributed by atoms with van der Waals surface area (Å²) in [5.41, 5.74) is 1.66. The van der Waals surface area contributed by atoms with E-state index in [2.05, 4.69) is 31.5 Å². The number of pyridine rings is 1. The van der Waals surface area contributed by atoms with Crippen molar-refractivity contribution in [2.75, 3.05) is 19.0 Å². The molecule has 0 unspecified atom stereocenters. The van der Waals surface area contributed by atoms with Crippen LogP contribution in [-0.4, -0.2) is 24.5 Å². The Morgan fingerprint density at radius 1 is 1.29 bits per heavy atom. The Balaban J connectivity index is 1.83. The highest BCUT2D eigenvalue weighted by molar-refractivity contribution is 9.10. The summed E-state index contributed by atoms with van der Waals surface area (Å²) in [6.07, 6.45) is 1.67. The van der Waals surface area contributed by atoms with E-state index in [-0.39, 0.29) is 12.5 Å². The molecule has 110 valence electrons. The van der Waals surface area contributed by atoms with Crippen LogP contribution < -0.4 is 15.4 Å². The maximum Gasteiger partial charge on any atom is 0.238 e. The molecular formula is C15H16BrN3O2. The Morgan fingerprint density at radius 3 is 2.86 bits per heavy atom. The van der Waals surface area contributed by atoms with Gasteiger partial charge in [-0.1, -0.05) is 18.2 Å². The van der Waals surface area contributed by atoms with E-state index >= 15 is 0 Å². The van der Waals surface area contributed by atoms with Gasteiger partial charge in [0.05, 0.1) is 19.3 Å². The summed E-state index contributed by atoms with van der Waals surface area (Å²) in [4.78, 5) is 16.0. The Bertz CT molecular complexity index is 619. The van der Waals surface area contributed by atoms with Gasteiger partial charge in [-0.2, -0.15) is 0 Å². The molecule has 0 saturated carbocycles. The zero-order chi connectivity index (χ0) is 15.1. The van der Waals surface area contributed by atoms with E-state index in [1.54, 1.807) is 13.3 Å². The molecule has 0 saturated heterocycles. The number of aromatic nitrogens is 1. The number of carbonyl (C=O) groups excluding carboxylic acids is 1. The van der Waals surface area contributed by atoms with Gasteiger partial charge >= 0.3 is 0 Å². The van der Waals surface area contributed by atoms with Crippen molar-refractivity contribution >= 4 is 27.5 Å². The maximum atomic E-state index is 11.9. The predicted molar refractivity (Wildman–Crippen MR) is 85.3 cm³/mol. The Labute approximate surface area is 131 Å². The number of hydrogen-bond acceptors (Lipinski definition) is 4. The Kier molecular flexibility index (Phi) is 5.71. The monoisotopic (exact) mass is 349 g/mol. The first kappa shape index (κ1) is 15.5. The smallest absolute Gasteiger partial charge is 0.238 e. The third kappa shape index (κ3) is 4.54. The number of halogens is 1. The number of rotatable bonds is 6. The average Bonchev–Trinajstić information content (AvgIpc) is 2.50. The summed E-state index contributed by atoms with van der Waals surface area (Å²) >= 11 is 3.39. The first-order valence-electron chi connectivity index (χ1n) is 6.43. The van der Waals surface area contributed by atoms with E-state index < -0.39 is 0 Å². The molecule has 2 rings (SSSR count). The van der Waals surface area contributed by atoms with Gasteiger partial charge in [0.1, 0.15) is 0 Å². The van der Waals surface area contributed by atoms with Gasteiger partial charge in [-0.25, -0.2) is 4.98 Å². The minimum atomic E-state index is -0.107. The quantitative estimate of drug-likeness (QED) is 0.841. The van der Waals surface area contributed by atoms with E-state index in [9.17, 15) is 4.79 Å². The fourth-order valence-electron chi connectivity index (χ4n) is 1.81. The van der Waals surface area contributed by atoms with Gasteiger partial charge in [0.2, 0.25) is 11.8 Å². The van der Waals surface area contributed by atoms with Gasteiger partial charge in [-0.05, 0) is 34.1 Å². The van der Waals surface area contributed by atoms with Crippen LogP contribution in [-0.2, 0) is 11.3 Å². The highest BCUT2D eigenvalue weighted by Gasteiger charge is 2.06. The van der Waals surface area contributed by atoms with Crippen molar-refractivity contribution in [3.05, 3.63) is 52.6 Å². The van der Waals surface area contributed by atoms with Gasteiger partial charge in [-0.15, -0.1) is 0 Å². The molecule has 2 aromatic rings. The number of ether oxygens (including phenoxy) is 1. The molecule has 1 heterocycles. The van der Waals surface area contributed by atoms with Crippen molar-refractivity contribution in [1.82, 2.24) is 10.3 Å². The third-order valence-corrected chi connectivity index (χ3v) is 3.48. The van der Waals surface area contributed by atoms with E-state index in [0.29, 0.717) is 12.4 Å². The molecule has 0 aliphatic carbocycles. The fourth-order valence-corrected chi connectivity index (χ4v) is 2.19. The number of para-hydroxylation sites is 1. The summed E-state index contributed by atoms with van der Waals surface area (Å²) in [7, 11) is 1.57. The van der Waals surface area contributed by atoms with Crippen LogP contribution in [0.3, 0.4) is 0 Å². The van der Waals surface area contributed by atoms with Crippen LogP contribution in [0.2, 0.25) is 0 Å². The van der Waals surface area contributed by atoms with Crippen LogP contribution in [0.5, 0.6) is 5.88 Å². The van der Waals surface area contributed by atoms with Crippen molar-refractivity contribution in [3.8, 4) is 5.88 Å². The summed E-state index contributed by atoms with van der Waals surface area (Å²) in [6.45, 7) is 0.722. The van der Waals surface area contributed by atoms with Gasteiger partial charge in [-0.3, -0.25) is 4.79 Å². The second-order valence-corrected chi connectivity index (χ2v) is 5.16. The molecule has 21 heavy (non-hydrogen) atoms. The molecule has 0 aliphatic rings. The lowest BCUT2D eigenvalue weighted by atomic mass is 10.2. The van der Waals surface area contributed by atoms with E-state index in [0.717, 1.165) is 15.7 Å². The summed E-state index contributed by atoms with van der Waals surface area (Å²) in [6, 6.07) is 11.2. The molecule has 0 fully saturated rings. The van der Waals surface area contributed by atoms with Crippen LogP contribution in [0.4, 0.5) is 5.69 Å². The van der Waals surface area contributed by atoms with Crippen molar-refractivity contribution in [3.63, 3.8) is 0 Å². The largest absolute Gasteiger partial charge is 0.481 e. The number of amides is 1. The molecule has 0 spiro atoms. The molecule has 1 amide bonds. The molecule has 0 radical (unpaired) electrons. The second-order valence-electron chi connectivity index (χ2n) is 4.30. The van der Waals surface area contributed by atoms with Crippen LogP contribution in [0.25, 0.3) is 0 Å². The van der Waals surface area contributed by atoms with Crippen LogP contribution in [0, 0.1) is 0 Å². The molecule has 2 N–H and O–H groups in total. The Morgan fingerprint density at radius 2 is 2.10 bits per heavy atom. The molecule has 1 aromatic carbocycles. The van der Waals surface area contributed by atoms with E-state index in [1.165, 1.54) is 0 Å². The topological polar surface area (TPSA) is 63.2 Å². The number of benzene rings is 1. The van der Waals surface area contributed by atoms with Gasteiger partial charge in [0.25, 0.3) is 0 Å². The number of methoxy groups -OCH3 is 1. The predicted octanol–water partition coefficient (Wildman–Crippen LogP) is 2.58. The molecule has 0 bridgehead atoms. The van der Waals surface area contributed by atoms with Crippen molar-refractivity contribution in [1.29, 1.82) is 0 Å². The number of hydrogen-bond donors (Lipinski definition) is 2. The lowest BCUT2D eigenvalue weighted by molar-refractivity contribution is -0.115.